The lowest BCUT2D eigenvalue weighted by atomic mass is 10.0. The molecule has 1 amide bonds. The highest BCUT2D eigenvalue weighted by Crippen LogP contribution is 2.27. The molecule has 1 N–H and O–H groups in total. The Morgan fingerprint density at radius 2 is 1.65 bits per heavy atom. The van der Waals surface area contributed by atoms with E-state index in [-0.39, 0.29) is 6.61 Å². The number of nitrogens with zero attached hydrogens (tertiary/aromatic N) is 1. The zero-order chi connectivity index (χ0) is 23.9. The van der Waals surface area contributed by atoms with Crippen molar-refractivity contribution in [3.8, 4) is 11.5 Å². The van der Waals surface area contributed by atoms with E-state index in [1.807, 2.05) is 55.5 Å². The van der Waals surface area contributed by atoms with Crippen molar-refractivity contribution in [2.45, 2.75) is 6.92 Å². The molecule has 0 aliphatic carbocycles. The molecule has 0 aliphatic rings. The second-order valence-electron chi connectivity index (χ2n) is 7.44. The predicted octanol–water partition coefficient (Wildman–Crippen LogP) is 5.55. The molecule has 34 heavy (non-hydrogen) atoms. The standard InChI is InChI=1S/C27H21ClN2O4/c1-18-6-2-5-9-24(18)33-17-26(31)30-29-16-23-22-8-4-3-7-19(22)12-15-25(23)34-27(32)20-10-13-21(28)14-11-20/h2-16H,17H2,1H3,(H,30,31)/b29-16+. The molecule has 0 unspecified atom stereocenters. The van der Waals surface area contributed by atoms with Crippen LogP contribution in [-0.4, -0.2) is 24.7 Å². The highest BCUT2D eigenvalue weighted by molar-refractivity contribution is 6.30. The largest absolute Gasteiger partial charge is 0.483 e. The summed E-state index contributed by atoms with van der Waals surface area (Å²) in [5.74, 6) is -0.00314. The van der Waals surface area contributed by atoms with Crippen LogP contribution in [0.5, 0.6) is 11.5 Å². The summed E-state index contributed by atoms with van der Waals surface area (Å²) in [6.07, 6.45) is 1.46. The Balaban J connectivity index is 1.51. The molecule has 0 saturated carbocycles. The van der Waals surface area contributed by atoms with Gasteiger partial charge >= 0.3 is 5.97 Å². The van der Waals surface area contributed by atoms with Crippen LogP contribution in [0.1, 0.15) is 21.5 Å². The number of hydrogen-bond acceptors (Lipinski definition) is 5. The van der Waals surface area contributed by atoms with E-state index in [0.29, 0.717) is 27.6 Å². The first kappa shape index (κ1) is 23.0. The summed E-state index contributed by atoms with van der Waals surface area (Å²) in [7, 11) is 0. The second-order valence-corrected chi connectivity index (χ2v) is 7.88. The van der Waals surface area contributed by atoms with Crippen LogP contribution in [0.15, 0.2) is 90.0 Å². The summed E-state index contributed by atoms with van der Waals surface area (Å²) in [6.45, 7) is 1.72. The normalized spacial score (nSPS) is 10.9. The van der Waals surface area contributed by atoms with Crippen molar-refractivity contribution in [3.63, 3.8) is 0 Å². The van der Waals surface area contributed by atoms with Crippen molar-refractivity contribution in [2.75, 3.05) is 6.61 Å². The maximum atomic E-state index is 12.6. The SMILES string of the molecule is Cc1ccccc1OCC(=O)N/N=C/c1c(OC(=O)c2ccc(Cl)cc2)ccc2ccccc12. The molecule has 0 atom stereocenters. The van der Waals surface area contributed by atoms with Gasteiger partial charge in [-0.3, -0.25) is 4.79 Å². The van der Waals surface area contributed by atoms with Crippen molar-refractivity contribution in [1.82, 2.24) is 5.43 Å². The second kappa shape index (κ2) is 10.6. The third-order valence-corrected chi connectivity index (χ3v) is 5.30. The number of hydrogen-bond donors (Lipinski definition) is 1. The lowest BCUT2D eigenvalue weighted by Gasteiger charge is -2.11. The van der Waals surface area contributed by atoms with E-state index in [1.165, 1.54) is 6.21 Å². The molecule has 0 saturated heterocycles. The van der Waals surface area contributed by atoms with Crippen LogP contribution in [0, 0.1) is 6.92 Å². The van der Waals surface area contributed by atoms with Crippen molar-refractivity contribution < 1.29 is 19.1 Å². The van der Waals surface area contributed by atoms with E-state index in [2.05, 4.69) is 10.5 Å². The van der Waals surface area contributed by atoms with Crippen molar-refractivity contribution in [2.24, 2.45) is 5.10 Å². The van der Waals surface area contributed by atoms with E-state index in [0.717, 1.165) is 16.3 Å². The topological polar surface area (TPSA) is 77.0 Å². The number of fused-ring (bicyclic) bond motifs is 1. The van der Waals surface area contributed by atoms with Crippen molar-refractivity contribution in [3.05, 3.63) is 107 Å². The Labute approximate surface area is 201 Å². The number of amides is 1. The van der Waals surface area contributed by atoms with Crippen molar-refractivity contribution >= 4 is 40.5 Å². The number of halogens is 1. The van der Waals surface area contributed by atoms with Crippen molar-refractivity contribution in [1.29, 1.82) is 0 Å². The van der Waals surface area contributed by atoms with E-state index in [1.54, 1.807) is 36.4 Å². The lowest BCUT2D eigenvalue weighted by Crippen LogP contribution is -2.24. The highest BCUT2D eigenvalue weighted by atomic mass is 35.5. The summed E-state index contributed by atoms with van der Waals surface area (Å²) >= 11 is 5.90. The van der Waals surface area contributed by atoms with Gasteiger partial charge in [0.15, 0.2) is 6.61 Å². The average Bonchev–Trinajstić information content (AvgIpc) is 2.85. The maximum Gasteiger partial charge on any atom is 0.343 e. The first-order valence-corrected chi connectivity index (χ1v) is 10.9. The van der Waals surface area contributed by atoms with Gasteiger partial charge in [0, 0.05) is 10.6 Å². The minimum atomic E-state index is -0.530. The van der Waals surface area contributed by atoms with Gasteiger partial charge in [-0.1, -0.05) is 60.1 Å². The number of rotatable bonds is 7. The number of benzene rings is 4. The van der Waals surface area contributed by atoms with Gasteiger partial charge in [0.05, 0.1) is 11.8 Å². The molecule has 7 heteroatoms. The third-order valence-electron chi connectivity index (χ3n) is 5.05. The Kier molecular flexibility index (Phi) is 7.20. The molecular weight excluding hydrogens is 452 g/mol. The number of para-hydroxylation sites is 1. The lowest BCUT2D eigenvalue weighted by molar-refractivity contribution is -0.123. The van der Waals surface area contributed by atoms with Crippen LogP contribution in [0.25, 0.3) is 10.8 Å². The molecule has 6 nitrogen and oxygen atoms in total. The molecule has 0 heterocycles. The van der Waals surface area contributed by atoms with E-state index in [4.69, 9.17) is 21.1 Å². The zero-order valence-electron chi connectivity index (χ0n) is 18.3. The summed E-state index contributed by atoms with van der Waals surface area (Å²) in [4.78, 5) is 24.9. The number of carbonyl (C=O) groups excluding carboxylic acids is 2. The Bertz CT molecular complexity index is 1370. The summed E-state index contributed by atoms with van der Waals surface area (Å²) < 4.78 is 11.2. The third kappa shape index (κ3) is 5.60. The summed E-state index contributed by atoms with van der Waals surface area (Å²) in [6, 6.07) is 25.0. The molecule has 4 aromatic rings. The average molecular weight is 473 g/mol. The maximum absolute atomic E-state index is 12.6. The molecule has 170 valence electrons. The molecule has 4 rings (SSSR count). The quantitative estimate of drug-likeness (QED) is 0.165. The summed E-state index contributed by atoms with van der Waals surface area (Å²) in [5, 5.41) is 6.34. The van der Waals surface area contributed by atoms with Crippen LogP contribution < -0.4 is 14.9 Å². The van der Waals surface area contributed by atoms with Gasteiger partial charge in [0.1, 0.15) is 11.5 Å². The Hall–Kier alpha value is -4.16. The van der Waals surface area contributed by atoms with Gasteiger partial charge in [-0.15, -0.1) is 0 Å². The fourth-order valence-electron chi connectivity index (χ4n) is 3.31. The summed E-state index contributed by atoms with van der Waals surface area (Å²) in [5.41, 5.74) is 4.31. The first-order valence-electron chi connectivity index (χ1n) is 10.5. The minimum absolute atomic E-state index is 0.184. The fraction of sp³-hybridized carbons (Fsp3) is 0.0741. The van der Waals surface area contributed by atoms with Crippen LogP contribution in [0.3, 0.4) is 0 Å². The Morgan fingerprint density at radius 3 is 2.44 bits per heavy atom. The van der Waals surface area contributed by atoms with E-state index in [9.17, 15) is 9.59 Å². The number of aryl methyl sites for hydroxylation is 1. The molecule has 0 radical (unpaired) electrons. The van der Waals surface area contributed by atoms with E-state index < -0.39 is 11.9 Å². The zero-order valence-corrected chi connectivity index (χ0v) is 19.1. The van der Waals surface area contributed by atoms with Gasteiger partial charge in [-0.05, 0) is 59.7 Å². The first-order chi connectivity index (χ1) is 16.5. The molecule has 0 aliphatic heterocycles. The monoisotopic (exact) mass is 472 g/mol. The molecule has 0 spiro atoms. The smallest absolute Gasteiger partial charge is 0.343 e. The number of carbonyl (C=O) groups is 2. The molecule has 4 aromatic carbocycles. The van der Waals surface area contributed by atoms with Gasteiger partial charge in [-0.25, -0.2) is 10.2 Å². The number of esters is 1. The van der Waals surface area contributed by atoms with Gasteiger partial charge in [0.2, 0.25) is 0 Å². The number of ether oxygens (including phenoxy) is 2. The van der Waals surface area contributed by atoms with Crippen LogP contribution >= 0.6 is 11.6 Å². The fourth-order valence-corrected chi connectivity index (χ4v) is 3.43. The van der Waals surface area contributed by atoms with Gasteiger partial charge in [-0.2, -0.15) is 5.10 Å². The Morgan fingerprint density at radius 1 is 0.912 bits per heavy atom. The van der Waals surface area contributed by atoms with Crippen LogP contribution in [-0.2, 0) is 4.79 Å². The number of hydrazone groups is 1. The van der Waals surface area contributed by atoms with Gasteiger partial charge < -0.3 is 9.47 Å². The number of nitrogens with one attached hydrogen (secondary N) is 1. The van der Waals surface area contributed by atoms with Gasteiger partial charge in [0.25, 0.3) is 5.91 Å². The van der Waals surface area contributed by atoms with E-state index >= 15 is 0 Å². The highest BCUT2D eigenvalue weighted by Gasteiger charge is 2.14. The molecule has 0 aromatic heterocycles. The van der Waals surface area contributed by atoms with Crippen LogP contribution in [0.2, 0.25) is 5.02 Å². The van der Waals surface area contributed by atoms with Crippen LogP contribution in [0.4, 0.5) is 0 Å². The predicted molar refractivity (Wildman–Crippen MR) is 133 cm³/mol. The minimum Gasteiger partial charge on any atom is -0.483 e. The molecule has 0 bridgehead atoms. The molecular formula is C27H21ClN2O4. The molecule has 0 fully saturated rings.